The summed E-state index contributed by atoms with van der Waals surface area (Å²) in [6.07, 6.45) is 2.27. The molecule has 0 spiro atoms. The number of benzene rings is 1. The number of nitrogens with one attached hydrogen (secondary N) is 1. The van der Waals surface area contributed by atoms with Crippen LogP contribution in [0.4, 0.5) is 0 Å². The fourth-order valence-electron chi connectivity index (χ4n) is 1.84. The highest BCUT2D eigenvalue weighted by atomic mass is 35.5. The molecule has 10 heteroatoms. The van der Waals surface area contributed by atoms with Gasteiger partial charge in [0.25, 0.3) is 5.91 Å². The number of oxime groups is 1. The molecule has 0 aliphatic heterocycles. The van der Waals surface area contributed by atoms with Crippen molar-refractivity contribution in [2.75, 3.05) is 26.2 Å². The van der Waals surface area contributed by atoms with Crippen LogP contribution in [0.1, 0.15) is 19.4 Å². The third-order valence-corrected chi connectivity index (χ3v) is 3.63. The van der Waals surface area contributed by atoms with Gasteiger partial charge in [0.2, 0.25) is 0 Å². The number of aliphatic carboxylic acids is 2. The van der Waals surface area contributed by atoms with Crippen molar-refractivity contribution in [3.8, 4) is 0 Å². The van der Waals surface area contributed by atoms with Crippen LogP contribution in [0.15, 0.2) is 41.6 Å². The summed E-state index contributed by atoms with van der Waals surface area (Å²) < 4.78 is 0. The van der Waals surface area contributed by atoms with Crippen molar-refractivity contribution < 1.29 is 29.4 Å². The average Bonchev–Trinajstić information content (AvgIpc) is 2.69. The molecule has 29 heavy (non-hydrogen) atoms. The van der Waals surface area contributed by atoms with Gasteiger partial charge in [-0.3, -0.25) is 4.79 Å². The van der Waals surface area contributed by atoms with Gasteiger partial charge in [-0.15, -0.1) is 0 Å². The minimum atomic E-state index is -1.26. The first-order valence-electron chi connectivity index (χ1n) is 8.82. The molecule has 1 aromatic rings. The minimum Gasteiger partial charge on any atom is -0.478 e. The molecule has 0 aliphatic rings. The van der Waals surface area contributed by atoms with Gasteiger partial charge in [0.05, 0.1) is 0 Å². The van der Waals surface area contributed by atoms with E-state index in [-0.39, 0.29) is 5.91 Å². The SMILES string of the molecule is CCN(CC)CCNC(=O)/C=N/OCc1ccc(Cl)cc1.O=C(O)/C=C\C(=O)O. The zero-order chi connectivity index (χ0) is 22.1. The predicted molar refractivity (Wildman–Crippen MR) is 110 cm³/mol. The second-order valence-electron chi connectivity index (χ2n) is 5.46. The highest BCUT2D eigenvalue weighted by Gasteiger charge is 2.00. The second-order valence-corrected chi connectivity index (χ2v) is 5.90. The summed E-state index contributed by atoms with van der Waals surface area (Å²) in [5.74, 6) is -2.77. The Morgan fingerprint density at radius 2 is 1.66 bits per heavy atom. The highest BCUT2D eigenvalue weighted by molar-refractivity contribution is 6.30. The molecule has 1 amide bonds. The first-order valence-corrected chi connectivity index (χ1v) is 9.20. The van der Waals surface area contributed by atoms with Crippen LogP contribution < -0.4 is 5.32 Å². The molecular weight excluding hydrogens is 402 g/mol. The number of amides is 1. The predicted octanol–water partition coefficient (Wildman–Crippen LogP) is 2.01. The molecular formula is C19H26ClN3O6. The highest BCUT2D eigenvalue weighted by Crippen LogP contribution is 2.10. The van der Waals surface area contributed by atoms with Crippen LogP contribution in [-0.4, -0.2) is 65.4 Å². The summed E-state index contributed by atoms with van der Waals surface area (Å²) >= 11 is 5.78. The average molecular weight is 428 g/mol. The Balaban J connectivity index is 0.000000828. The summed E-state index contributed by atoms with van der Waals surface area (Å²) in [6, 6.07) is 7.26. The number of hydrogen-bond acceptors (Lipinski definition) is 6. The molecule has 0 aliphatic carbocycles. The van der Waals surface area contributed by atoms with Crippen LogP contribution in [0.25, 0.3) is 0 Å². The van der Waals surface area contributed by atoms with E-state index in [1.807, 2.05) is 12.1 Å². The number of carbonyl (C=O) groups excluding carboxylic acids is 1. The van der Waals surface area contributed by atoms with E-state index in [2.05, 4.69) is 29.2 Å². The van der Waals surface area contributed by atoms with Crippen LogP contribution in [0.2, 0.25) is 5.02 Å². The Morgan fingerprint density at radius 1 is 1.10 bits per heavy atom. The van der Waals surface area contributed by atoms with Crippen LogP contribution in [0.3, 0.4) is 0 Å². The number of halogens is 1. The molecule has 0 unspecified atom stereocenters. The van der Waals surface area contributed by atoms with E-state index in [4.69, 9.17) is 26.7 Å². The van der Waals surface area contributed by atoms with Gasteiger partial charge in [0.15, 0.2) is 0 Å². The Bertz CT molecular complexity index is 672. The second kappa shape index (κ2) is 16.1. The van der Waals surface area contributed by atoms with E-state index in [0.717, 1.165) is 31.4 Å². The molecule has 0 fully saturated rings. The third-order valence-electron chi connectivity index (χ3n) is 3.38. The molecule has 9 nitrogen and oxygen atoms in total. The molecule has 1 rings (SSSR count). The van der Waals surface area contributed by atoms with Crippen molar-refractivity contribution in [1.82, 2.24) is 10.2 Å². The molecule has 0 saturated carbocycles. The van der Waals surface area contributed by atoms with E-state index >= 15 is 0 Å². The number of rotatable bonds is 11. The Morgan fingerprint density at radius 3 is 2.14 bits per heavy atom. The normalized spacial score (nSPS) is 10.6. The van der Waals surface area contributed by atoms with Gasteiger partial charge in [-0.05, 0) is 30.8 Å². The van der Waals surface area contributed by atoms with Crippen LogP contribution in [-0.2, 0) is 25.8 Å². The summed E-state index contributed by atoms with van der Waals surface area (Å²) in [6.45, 7) is 7.88. The Hall–Kier alpha value is -2.91. The molecule has 0 bridgehead atoms. The number of hydrogen-bond donors (Lipinski definition) is 3. The number of carbonyl (C=O) groups is 3. The molecule has 1 aromatic carbocycles. The lowest BCUT2D eigenvalue weighted by Crippen LogP contribution is -2.35. The van der Waals surface area contributed by atoms with Crippen molar-refractivity contribution in [2.24, 2.45) is 5.16 Å². The summed E-state index contributed by atoms with van der Waals surface area (Å²) in [7, 11) is 0. The number of carboxylic acid groups (broad SMARTS) is 2. The topological polar surface area (TPSA) is 129 Å². The van der Waals surface area contributed by atoms with Gasteiger partial charge >= 0.3 is 11.9 Å². The van der Waals surface area contributed by atoms with E-state index < -0.39 is 11.9 Å². The monoisotopic (exact) mass is 427 g/mol. The maximum atomic E-state index is 11.5. The lowest BCUT2D eigenvalue weighted by Gasteiger charge is -2.17. The number of carboxylic acids is 2. The number of nitrogens with zero attached hydrogens (tertiary/aromatic N) is 2. The minimum absolute atomic E-state index is 0.252. The summed E-state index contributed by atoms with van der Waals surface area (Å²) in [5.41, 5.74) is 0.943. The van der Waals surface area contributed by atoms with Crippen molar-refractivity contribution in [1.29, 1.82) is 0 Å². The molecule has 0 aromatic heterocycles. The summed E-state index contributed by atoms with van der Waals surface area (Å²) in [4.78, 5) is 37.9. The largest absolute Gasteiger partial charge is 0.478 e. The van der Waals surface area contributed by atoms with Crippen molar-refractivity contribution in [3.63, 3.8) is 0 Å². The quantitative estimate of drug-likeness (QED) is 0.280. The molecule has 160 valence electrons. The fourth-order valence-corrected chi connectivity index (χ4v) is 1.97. The van der Waals surface area contributed by atoms with Gasteiger partial charge < -0.3 is 25.3 Å². The van der Waals surface area contributed by atoms with Gasteiger partial charge in [-0.25, -0.2) is 9.59 Å². The number of likely N-dealkylation sites (N-methyl/N-ethyl adjacent to an activating group) is 1. The van der Waals surface area contributed by atoms with Gasteiger partial charge in [-0.2, -0.15) is 0 Å². The molecule has 0 saturated heterocycles. The zero-order valence-corrected chi connectivity index (χ0v) is 17.1. The van der Waals surface area contributed by atoms with Gasteiger partial charge in [0, 0.05) is 30.3 Å². The lowest BCUT2D eigenvalue weighted by atomic mass is 10.2. The lowest BCUT2D eigenvalue weighted by molar-refractivity contribution is -0.134. The first-order chi connectivity index (χ1) is 13.8. The van der Waals surface area contributed by atoms with Crippen LogP contribution >= 0.6 is 11.6 Å². The van der Waals surface area contributed by atoms with E-state index in [0.29, 0.717) is 30.3 Å². The Kier molecular flexibility index (Phi) is 14.5. The standard InChI is InChI=1S/C15H22ClN3O2.C4H4O4/c1-3-19(4-2)10-9-17-15(20)11-18-21-12-13-5-7-14(16)8-6-13;5-3(6)1-2-4(7)8/h5-8,11H,3-4,9-10,12H2,1-2H3,(H,17,20);1-2H,(H,5,6)(H,7,8)/b18-11+;2-1-. The summed E-state index contributed by atoms with van der Waals surface area (Å²) in [5, 5.41) is 22.7. The van der Waals surface area contributed by atoms with Crippen molar-refractivity contribution in [3.05, 3.63) is 47.0 Å². The molecule has 3 N–H and O–H groups in total. The molecule has 0 radical (unpaired) electrons. The van der Waals surface area contributed by atoms with E-state index in [1.54, 1.807) is 12.1 Å². The zero-order valence-electron chi connectivity index (χ0n) is 16.4. The Labute approximate surface area is 174 Å². The van der Waals surface area contributed by atoms with E-state index in [1.165, 1.54) is 0 Å². The smallest absolute Gasteiger partial charge is 0.328 e. The van der Waals surface area contributed by atoms with E-state index in [9.17, 15) is 14.4 Å². The molecule has 0 heterocycles. The third kappa shape index (κ3) is 15.8. The van der Waals surface area contributed by atoms with Gasteiger partial charge in [-0.1, -0.05) is 42.7 Å². The van der Waals surface area contributed by atoms with Gasteiger partial charge in [0.1, 0.15) is 12.8 Å². The van der Waals surface area contributed by atoms with Crippen LogP contribution in [0.5, 0.6) is 0 Å². The fraction of sp³-hybridized carbons (Fsp3) is 0.368. The maximum absolute atomic E-state index is 11.5. The maximum Gasteiger partial charge on any atom is 0.328 e. The van der Waals surface area contributed by atoms with Crippen LogP contribution in [0, 0.1) is 0 Å². The van der Waals surface area contributed by atoms with Crippen molar-refractivity contribution in [2.45, 2.75) is 20.5 Å². The molecule has 0 atom stereocenters. The van der Waals surface area contributed by atoms with Crippen molar-refractivity contribution >= 4 is 35.7 Å². The first kappa shape index (κ1) is 26.1.